The number of carbonyl (C=O) groups is 1. The summed E-state index contributed by atoms with van der Waals surface area (Å²) in [6, 6.07) is 1.28. The van der Waals surface area contributed by atoms with Gasteiger partial charge in [0.2, 0.25) is 0 Å². The second-order valence-electron chi connectivity index (χ2n) is 8.95. The molecule has 4 atom stereocenters. The highest BCUT2D eigenvalue weighted by Crippen LogP contribution is 2.39. The maximum absolute atomic E-state index is 13.3. The second kappa shape index (κ2) is 8.31. The van der Waals surface area contributed by atoms with Crippen molar-refractivity contribution in [1.82, 2.24) is 24.8 Å². The summed E-state index contributed by atoms with van der Waals surface area (Å²) in [5, 5.41) is 28.2. The van der Waals surface area contributed by atoms with Crippen molar-refractivity contribution < 1.29 is 19.7 Å². The molecule has 170 valence electrons. The smallest absolute Gasteiger partial charge is 0.257 e. The van der Waals surface area contributed by atoms with Gasteiger partial charge in [0.25, 0.3) is 5.91 Å². The fraction of sp³-hybridized carbons (Fsp3) is 0.522. The third-order valence-corrected chi connectivity index (χ3v) is 6.79. The summed E-state index contributed by atoms with van der Waals surface area (Å²) in [4.78, 5) is 19.8. The number of hydrogen-bond acceptors (Lipinski definition) is 7. The van der Waals surface area contributed by atoms with Crippen LogP contribution in [0.2, 0.25) is 0 Å². The highest BCUT2D eigenvalue weighted by Gasteiger charge is 2.47. The van der Waals surface area contributed by atoms with Crippen LogP contribution in [0.25, 0.3) is 5.65 Å². The summed E-state index contributed by atoms with van der Waals surface area (Å²) < 4.78 is 7.58. The molecule has 5 rings (SSSR count). The number of ether oxygens (including phenoxy) is 1. The molecule has 0 bridgehead atoms. The Kier molecular flexibility index (Phi) is 5.48. The standard InChI is InChI=1S/C23H29N5O4/c1-15-10-16-11-20(26-22(31)18-13-25-28-8-3-6-24-21(18)28)23(14-29,12-19(16)32-15)27-7-2-4-17(30)5-9-27/h3,6,8,11-13,15,17,20,29-30H,2,4-5,7,9-10,14H2,1H3,(H,26,31)/t15-,17+,20?,23?/m1/s1. The lowest BCUT2D eigenvalue weighted by molar-refractivity contribution is 0.0386. The van der Waals surface area contributed by atoms with Crippen LogP contribution in [0.4, 0.5) is 0 Å². The third-order valence-electron chi connectivity index (χ3n) is 6.79. The van der Waals surface area contributed by atoms with Crippen molar-refractivity contribution >= 4 is 11.6 Å². The van der Waals surface area contributed by atoms with E-state index >= 15 is 0 Å². The fourth-order valence-electron chi connectivity index (χ4n) is 5.08. The first-order chi connectivity index (χ1) is 15.5. The van der Waals surface area contributed by atoms with Gasteiger partial charge in [-0.3, -0.25) is 9.69 Å². The topological polar surface area (TPSA) is 112 Å². The zero-order valence-electron chi connectivity index (χ0n) is 18.1. The Morgan fingerprint density at radius 2 is 2.25 bits per heavy atom. The predicted octanol–water partition coefficient (Wildman–Crippen LogP) is 1.04. The lowest BCUT2D eigenvalue weighted by Gasteiger charge is -2.46. The van der Waals surface area contributed by atoms with Crippen molar-refractivity contribution in [2.45, 2.75) is 56.4 Å². The lowest BCUT2D eigenvalue weighted by atomic mass is 9.81. The molecule has 0 spiro atoms. The Bertz CT molecular complexity index is 1080. The van der Waals surface area contributed by atoms with E-state index in [4.69, 9.17) is 4.74 Å². The van der Waals surface area contributed by atoms with Crippen LogP contribution >= 0.6 is 0 Å². The van der Waals surface area contributed by atoms with Gasteiger partial charge in [-0.1, -0.05) is 6.08 Å². The van der Waals surface area contributed by atoms with E-state index in [0.29, 0.717) is 30.7 Å². The van der Waals surface area contributed by atoms with E-state index in [0.717, 1.165) is 30.6 Å². The number of rotatable bonds is 4. The molecule has 2 unspecified atom stereocenters. The molecule has 3 N–H and O–H groups in total. The third kappa shape index (κ3) is 3.60. The molecule has 2 aromatic heterocycles. The Morgan fingerprint density at radius 3 is 3.09 bits per heavy atom. The molecular formula is C23H29N5O4. The first kappa shape index (κ1) is 21.1. The Hall–Kier alpha value is -2.75. The van der Waals surface area contributed by atoms with E-state index in [1.807, 2.05) is 19.1 Å². The summed E-state index contributed by atoms with van der Waals surface area (Å²) in [5.74, 6) is 0.483. The van der Waals surface area contributed by atoms with Gasteiger partial charge in [-0.15, -0.1) is 0 Å². The minimum atomic E-state index is -0.862. The lowest BCUT2D eigenvalue weighted by Crippen LogP contribution is -2.64. The number of amides is 1. The largest absolute Gasteiger partial charge is 0.490 e. The van der Waals surface area contributed by atoms with Gasteiger partial charge in [0.05, 0.1) is 30.5 Å². The van der Waals surface area contributed by atoms with Crippen LogP contribution in [0.15, 0.2) is 48.1 Å². The van der Waals surface area contributed by atoms with Crippen molar-refractivity contribution in [1.29, 1.82) is 0 Å². The minimum Gasteiger partial charge on any atom is -0.490 e. The highest BCUT2D eigenvalue weighted by molar-refractivity contribution is 6.00. The Morgan fingerprint density at radius 1 is 1.38 bits per heavy atom. The molecular weight excluding hydrogens is 410 g/mol. The van der Waals surface area contributed by atoms with Crippen molar-refractivity contribution in [3.05, 3.63) is 53.7 Å². The SMILES string of the molecule is C[C@@H]1CC2=CC(NC(=O)c3cnn4cccnc34)C(CO)(N3CCC[C@H](O)CC3)C=C2O1. The van der Waals surface area contributed by atoms with Crippen molar-refractivity contribution in [3.63, 3.8) is 0 Å². The average molecular weight is 440 g/mol. The number of fused-ring (bicyclic) bond motifs is 2. The van der Waals surface area contributed by atoms with Crippen LogP contribution in [0.5, 0.6) is 0 Å². The van der Waals surface area contributed by atoms with Gasteiger partial charge in [-0.05, 0) is 50.4 Å². The first-order valence-corrected chi connectivity index (χ1v) is 11.2. The zero-order chi connectivity index (χ0) is 22.3. The van der Waals surface area contributed by atoms with E-state index in [2.05, 4.69) is 20.3 Å². The highest BCUT2D eigenvalue weighted by atomic mass is 16.5. The van der Waals surface area contributed by atoms with Gasteiger partial charge in [-0.2, -0.15) is 5.10 Å². The molecule has 4 heterocycles. The number of carbonyl (C=O) groups excluding carboxylic acids is 1. The molecule has 9 heteroatoms. The number of aromatic nitrogens is 3. The van der Waals surface area contributed by atoms with E-state index < -0.39 is 11.6 Å². The number of aliphatic hydroxyl groups excluding tert-OH is 2. The number of likely N-dealkylation sites (tertiary alicyclic amines) is 1. The molecule has 9 nitrogen and oxygen atoms in total. The predicted molar refractivity (Wildman–Crippen MR) is 117 cm³/mol. The van der Waals surface area contributed by atoms with E-state index in [1.54, 1.807) is 23.0 Å². The Balaban J connectivity index is 1.50. The van der Waals surface area contributed by atoms with Crippen LogP contribution in [0.3, 0.4) is 0 Å². The van der Waals surface area contributed by atoms with Crippen LogP contribution in [0.1, 0.15) is 43.0 Å². The fourth-order valence-corrected chi connectivity index (χ4v) is 5.08. The number of nitrogens with zero attached hydrogens (tertiary/aromatic N) is 4. The van der Waals surface area contributed by atoms with Crippen LogP contribution in [0, 0.1) is 0 Å². The average Bonchev–Trinajstić information content (AvgIpc) is 3.30. The first-order valence-electron chi connectivity index (χ1n) is 11.2. The van der Waals surface area contributed by atoms with Gasteiger partial charge in [0, 0.05) is 25.4 Å². The van der Waals surface area contributed by atoms with Gasteiger partial charge < -0.3 is 20.3 Å². The summed E-state index contributed by atoms with van der Waals surface area (Å²) >= 11 is 0. The second-order valence-corrected chi connectivity index (χ2v) is 8.95. The summed E-state index contributed by atoms with van der Waals surface area (Å²) in [5.41, 5.74) is 1.04. The summed E-state index contributed by atoms with van der Waals surface area (Å²) in [6.45, 7) is 3.16. The molecule has 1 amide bonds. The van der Waals surface area contributed by atoms with Gasteiger partial charge in [0.1, 0.15) is 17.4 Å². The van der Waals surface area contributed by atoms with E-state index in [1.165, 1.54) is 6.20 Å². The normalized spacial score (nSPS) is 30.8. The van der Waals surface area contributed by atoms with Crippen LogP contribution < -0.4 is 5.32 Å². The van der Waals surface area contributed by atoms with Crippen LogP contribution in [-0.4, -0.2) is 79.1 Å². The summed E-state index contributed by atoms with van der Waals surface area (Å²) in [7, 11) is 0. The van der Waals surface area contributed by atoms with Gasteiger partial charge >= 0.3 is 0 Å². The molecule has 1 aliphatic carbocycles. The number of nitrogens with one attached hydrogen (secondary N) is 1. The van der Waals surface area contributed by atoms with Crippen molar-refractivity contribution in [2.75, 3.05) is 19.7 Å². The van der Waals surface area contributed by atoms with Crippen molar-refractivity contribution in [2.24, 2.45) is 0 Å². The van der Waals surface area contributed by atoms with Crippen LogP contribution in [-0.2, 0) is 4.74 Å². The maximum atomic E-state index is 13.3. The van der Waals surface area contributed by atoms with Crippen molar-refractivity contribution in [3.8, 4) is 0 Å². The molecule has 32 heavy (non-hydrogen) atoms. The number of allylic oxidation sites excluding steroid dienone is 1. The molecule has 0 aromatic carbocycles. The zero-order valence-corrected chi connectivity index (χ0v) is 18.1. The molecule has 2 fully saturated rings. The van der Waals surface area contributed by atoms with E-state index in [-0.39, 0.29) is 24.7 Å². The molecule has 2 aromatic rings. The maximum Gasteiger partial charge on any atom is 0.257 e. The van der Waals surface area contributed by atoms with Gasteiger partial charge in [0.15, 0.2) is 5.65 Å². The number of aliphatic hydroxyl groups is 2. The minimum absolute atomic E-state index is 0.0492. The number of hydrogen-bond donors (Lipinski definition) is 3. The molecule has 0 radical (unpaired) electrons. The van der Waals surface area contributed by atoms with Gasteiger partial charge in [-0.25, -0.2) is 9.50 Å². The molecule has 0 saturated carbocycles. The molecule has 2 aliphatic heterocycles. The summed E-state index contributed by atoms with van der Waals surface area (Å²) in [6.07, 6.45) is 11.5. The molecule has 2 saturated heterocycles. The quantitative estimate of drug-likeness (QED) is 0.653. The monoisotopic (exact) mass is 439 g/mol. The molecule has 3 aliphatic rings. The Labute approximate surface area is 186 Å². The van der Waals surface area contributed by atoms with E-state index in [9.17, 15) is 15.0 Å².